The van der Waals surface area contributed by atoms with Crippen LogP contribution in [0.15, 0.2) is 48.1 Å². The Labute approximate surface area is 199 Å². The summed E-state index contributed by atoms with van der Waals surface area (Å²) in [5.74, 6) is -0.991. The molecule has 0 fully saturated rings. The second-order valence-electron chi connectivity index (χ2n) is 7.95. The van der Waals surface area contributed by atoms with Crippen LogP contribution in [0.5, 0.6) is 0 Å². The summed E-state index contributed by atoms with van der Waals surface area (Å²) in [6, 6.07) is 0.550. The van der Waals surface area contributed by atoms with Gasteiger partial charge in [0, 0.05) is 29.8 Å². The van der Waals surface area contributed by atoms with Crippen molar-refractivity contribution in [2.24, 2.45) is 0 Å². The van der Waals surface area contributed by atoms with E-state index >= 15 is 0 Å². The molecule has 0 aromatic heterocycles. The van der Waals surface area contributed by atoms with Crippen molar-refractivity contribution in [3.05, 3.63) is 64.8 Å². The van der Waals surface area contributed by atoms with Crippen LogP contribution < -0.4 is 10.6 Å². The zero-order valence-corrected chi connectivity index (χ0v) is 19.8. The Kier molecular flexibility index (Phi) is 9.48. The third-order valence-electron chi connectivity index (χ3n) is 5.33. The van der Waals surface area contributed by atoms with Gasteiger partial charge in [-0.1, -0.05) is 37.3 Å². The number of allylic oxidation sites excluding steroid dienone is 2. The SMILES string of the molecule is C=C/C(=C\C=C(/C)C(C)NC(C)=O)C(=O)Nc1c(C)cc(C(F)(C(F)(F)F)C(F)(F)F)cc1CC. The van der Waals surface area contributed by atoms with E-state index in [2.05, 4.69) is 17.2 Å². The fraction of sp³-hybridized carbons (Fsp3) is 0.417. The van der Waals surface area contributed by atoms with E-state index in [1.165, 1.54) is 32.9 Å². The summed E-state index contributed by atoms with van der Waals surface area (Å²) < 4.78 is 93.6. The quantitative estimate of drug-likeness (QED) is 0.244. The lowest BCUT2D eigenvalue weighted by molar-refractivity contribution is -0.348. The average molecular weight is 508 g/mol. The fourth-order valence-electron chi connectivity index (χ4n) is 3.21. The van der Waals surface area contributed by atoms with Gasteiger partial charge < -0.3 is 10.6 Å². The lowest BCUT2D eigenvalue weighted by Crippen LogP contribution is -2.50. The lowest BCUT2D eigenvalue weighted by Gasteiger charge is -2.31. The van der Waals surface area contributed by atoms with Crippen molar-refractivity contribution in [2.45, 2.75) is 65.1 Å². The van der Waals surface area contributed by atoms with Gasteiger partial charge in [0.25, 0.3) is 5.91 Å². The third kappa shape index (κ3) is 6.73. The Morgan fingerprint density at radius 1 is 1.03 bits per heavy atom. The molecule has 0 aliphatic carbocycles. The van der Waals surface area contributed by atoms with Crippen molar-refractivity contribution in [3.8, 4) is 0 Å². The number of anilines is 1. The number of benzene rings is 1. The van der Waals surface area contributed by atoms with Crippen molar-refractivity contribution >= 4 is 17.5 Å². The van der Waals surface area contributed by atoms with E-state index < -0.39 is 29.5 Å². The minimum Gasteiger partial charge on any atom is -0.350 e. The number of amides is 2. The molecule has 0 heterocycles. The predicted molar refractivity (Wildman–Crippen MR) is 119 cm³/mol. The lowest BCUT2D eigenvalue weighted by atomic mass is 9.89. The molecule has 35 heavy (non-hydrogen) atoms. The van der Waals surface area contributed by atoms with Gasteiger partial charge >= 0.3 is 18.0 Å². The zero-order valence-electron chi connectivity index (χ0n) is 19.8. The Balaban J connectivity index is 3.43. The van der Waals surface area contributed by atoms with Gasteiger partial charge in [0.15, 0.2) is 0 Å². The Morgan fingerprint density at radius 3 is 2.00 bits per heavy atom. The van der Waals surface area contributed by atoms with E-state index in [0.29, 0.717) is 17.7 Å². The summed E-state index contributed by atoms with van der Waals surface area (Å²) in [7, 11) is 0. The Hall–Kier alpha value is -3.11. The standard InChI is InChI=1S/C24H27F7N2O2/c1-7-17(10-9-13(3)15(5)32-16(6)34)21(35)33-20-14(4)11-19(12-18(20)8-2)22(25,23(26,27)28)24(29,30)31/h7,9-12,15H,1,8H2,2-6H3,(H,32,34)(H,33,35)/b13-9+,17-10+. The van der Waals surface area contributed by atoms with Crippen LogP contribution in [-0.2, 0) is 21.7 Å². The highest BCUT2D eigenvalue weighted by molar-refractivity contribution is 6.06. The number of rotatable bonds is 8. The number of carbonyl (C=O) groups is 2. The maximum atomic E-state index is 14.5. The van der Waals surface area contributed by atoms with Gasteiger partial charge in [0.05, 0.1) is 0 Å². The number of halogens is 7. The summed E-state index contributed by atoms with van der Waals surface area (Å²) in [5, 5.41) is 5.12. The van der Waals surface area contributed by atoms with Crippen LogP contribution >= 0.6 is 0 Å². The highest BCUT2D eigenvalue weighted by Crippen LogP contribution is 2.53. The molecule has 2 N–H and O–H groups in total. The monoisotopic (exact) mass is 508 g/mol. The van der Waals surface area contributed by atoms with Crippen LogP contribution in [0.4, 0.5) is 36.4 Å². The fourth-order valence-corrected chi connectivity index (χ4v) is 3.21. The van der Waals surface area contributed by atoms with E-state index in [1.54, 1.807) is 19.9 Å². The van der Waals surface area contributed by atoms with E-state index in [1.807, 2.05) is 0 Å². The molecular formula is C24H27F7N2O2. The van der Waals surface area contributed by atoms with Crippen LogP contribution in [0.3, 0.4) is 0 Å². The normalized spacial score (nSPS) is 14.4. The van der Waals surface area contributed by atoms with Gasteiger partial charge in [-0.2, -0.15) is 26.3 Å². The molecular weight excluding hydrogens is 481 g/mol. The van der Waals surface area contributed by atoms with Crippen LogP contribution in [-0.4, -0.2) is 30.2 Å². The molecule has 4 nitrogen and oxygen atoms in total. The molecule has 2 amide bonds. The summed E-state index contributed by atoms with van der Waals surface area (Å²) in [6.07, 6.45) is -8.42. The molecule has 11 heteroatoms. The predicted octanol–water partition coefficient (Wildman–Crippen LogP) is 6.37. The molecule has 0 bridgehead atoms. The van der Waals surface area contributed by atoms with Crippen molar-refractivity contribution in [2.75, 3.05) is 5.32 Å². The third-order valence-corrected chi connectivity index (χ3v) is 5.33. The number of alkyl halides is 7. The largest absolute Gasteiger partial charge is 0.435 e. The molecule has 1 atom stereocenters. The van der Waals surface area contributed by atoms with Gasteiger partial charge in [-0.05, 0) is 50.5 Å². The zero-order chi connectivity index (χ0) is 27.4. The van der Waals surface area contributed by atoms with Crippen molar-refractivity contribution in [3.63, 3.8) is 0 Å². The van der Waals surface area contributed by atoms with E-state index in [9.17, 15) is 40.3 Å². The minimum atomic E-state index is -6.25. The molecule has 0 radical (unpaired) electrons. The van der Waals surface area contributed by atoms with Gasteiger partial charge in [0.2, 0.25) is 5.91 Å². The smallest absolute Gasteiger partial charge is 0.350 e. The first-order valence-electron chi connectivity index (χ1n) is 10.5. The second kappa shape index (κ2) is 11.1. The number of hydrogen-bond acceptors (Lipinski definition) is 2. The topological polar surface area (TPSA) is 58.2 Å². The number of hydrogen-bond donors (Lipinski definition) is 2. The second-order valence-corrected chi connectivity index (χ2v) is 7.95. The molecule has 0 aliphatic heterocycles. The average Bonchev–Trinajstić information content (AvgIpc) is 2.72. The molecule has 0 aliphatic rings. The first kappa shape index (κ1) is 29.9. The maximum absolute atomic E-state index is 14.5. The van der Waals surface area contributed by atoms with Gasteiger partial charge in [-0.15, -0.1) is 0 Å². The van der Waals surface area contributed by atoms with E-state index in [4.69, 9.17) is 0 Å². The van der Waals surface area contributed by atoms with Crippen molar-refractivity contribution in [1.29, 1.82) is 0 Å². The number of carbonyl (C=O) groups excluding carboxylic acids is 2. The first-order chi connectivity index (χ1) is 15.9. The maximum Gasteiger partial charge on any atom is 0.435 e. The summed E-state index contributed by atoms with van der Waals surface area (Å²) in [4.78, 5) is 23.9. The highest BCUT2D eigenvalue weighted by atomic mass is 19.4. The first-order valence-corrected chi connectivity index (χ1v) is 10.5. The summed E-state index contributed by atoms with van der Waals surface area (Å²) in [5.41, 5.74) is -6.79. The van der Waals surface area contributed by atoms with Crippen LogP contribution in [0.2, 0.25) is 0 Å². The minimum absolute atomic E-state index is 0.0342. The number of nitrogens with one attached hydrogen (secondary N) is 2. The highest BCUT2D eigenvalue weighted by Gasteiger charge is 2.73. The van der Waals surface area contributed by atoms with Gasteiger partial charge in [-0.3, -0.25) is 9.59 Å². The molecule has 0 saturated carbocycles. The molecule has 1 unspecified atom stereocenters. The molecule has 0 spiro atoms. The molecule has 0 saturated heterocycles. The van der Waals surface area contributed by atoms with Crippen LogP contribution in [0.25, 0.3) is 0 Å². The van der Waals surface area contributed by atoms with Gasteiger partial charge in [0.1, 0.15) is 0 Å². The summed E-state index contributed by atoms with van der Waals surface area (Å²) >= 11 is 0. The molecule has 1 aromatic carbocycles. The van der Waals surface area contributed by atoms with Crippen LogP contribution in [0.1, 0.15) is 44.4 Å². The number of aryl methyl sites for hydroxylation is 2. The van der Waals surface area contributed by atoms with E-state index in [-0.39, 0.29) is 40.8 Å². The van der Waals surface area contributed by atoms with E-state index in [0.717, 1.165) is 0 Å². The van der Waals surface area contributed by atoms with Crippen LogP contribution in [0, 0.1) is 6.92 Å². The van der Waals surface area contributed by atoms with Crippen molar-refractivity contribution < 1.29 is 40.3 Å². The molecule has 194 valence electrons. The summed E-state index contributed by atoms with van der Waals surface area (Å²) in [6.45, 7) is 10.9. The molecule has 1 rings (SSSR count). The Bertz CT molecular complexity index is 1020. The Morgan fingerprint density at radius 2 is 1.57 bits per heavy atom. The van der Waals surface area contributed by atoms with Crippen molar-refractivity contribution in [1.82, 2.24) is 5.32 Å². The molecule has 1 aromatic rings. The van der Waals surface area contributed by atoms with Gasteiger partial charge in [-0.25, -0.2) is 4.39 Å².